The summed E-state index contributed by atoms with van der Waals surface area (Å²) in [4.78, 5) is 0. The van der Waals surface area contributed by atoms with Gasteiger partial charge in [0, 0.05) is 34.3 Å². The molecule has 0 saturated heterocycles. The van der Waals surface area contributed by atoms with Gasteiger partial charge in [0.25, 0.3) is 0 Å². The number of hydrogen-bond donors (Lipinski definition) is 1. The fourth-order valence-corrected chi connectivity index (χ4v) is 3.03. The van der Waals surface area contributed by atoms with E-state index in [1.54, 1.807) is 27.4 Å². The second kappa shape index (κ2) is 8.47. The normalized spacial score (nSPS) is 11.9. The van der Waals surface area contributed by atoms with Crippen molar-refractivity contribution in [3.8, 4) is 17.2 Å². The number of rotatable bonds is 7. The summed E-state index contributed by atoms with van der Waals surface area (Å²) in [7, 11) is 4.84. The molecule has 2 aromatic carbocycles. The summed E-state index contributed by atoms with van der Waals surface area (Å²) in [5.41, 5.74) is 1.95. The topological polar surface area (TPSA) is 39.7 Å². The highest BCUT2D eigenvalue weighted by Gasteiger charge is 2.14. The Bertz CT molecular complexity index is 707. The Labute approximate surface area is 152 Å². The van der Waals surface area contributed by atoms with Crippen molar-refractivity contribution in [2.75, 3.05) is 21.3 Å². The molecule has 0 aromatic heterocycles. The lowest BCUT2D eigenvalue weighted by atomic mass is 10.1. The molecule has 0 bridgehead atoms. The molecule has 4 nitrogen and oxygen atoms in total. The van der Waals surface area contributed by atoms with Crippen LogP contribution in [0.5, 0.6) is 17.2 Å². The molecule has 0 saturated carbocycles. The smallest absolute Gasteiger partial charge is 0.164 e. The van der Waals surface area contributed by atoms with Gasteiger partial charge in [0.15, 0.2) is 11.5 Å². The first kappa shape index (κ1) is 18.7. The number of ether oxygens (including phenoxy) is 3. The summed E-state index contributed by atoms with van der Waals surface area (Å²) in [5.74, 6) is 2.02. The van der Waals surface area contributed by atoms with Crippen molar-refractivity contribution in [2.24, 2.45) is 0 Å². The number of hydrogen-bond acceptors (Lipinski definition) is 4. The fourth-order valence-electron chi connectivity index (χ4n) is 2.46. The first-order valence-electron chi connectivity index (χ1n) is 7.47. The van der Waals surface area contributed by atoms with E-state index in [9.17, 15) is 0 Å². The van der Waals surface area contributed by atoms with E-state index in [-0.39, 0.29) is 6.04 Å². The molecule has 6 heteroatoms. The molecule has 1 atom stereocenters. The second-order valence-corrected chi connectivity index (χ2v) is 6.13. The largest absolute Gasteiger partial charge is 0.496 e. The van der Waals surface area contributed by atoms with Crippen LogP contribution >= 0.6 is 23.2 Å². The summed E-state index contributed by atoms with van der Waals surface area (Å²) < 4.78 is 16.1. The van der Waals surface area contributed by atoms with Crippen LogP contribution in [0, 0.1) is 0 Å². The molecule has 24 heavy (non-hydrogen) atoms. The van der Waals surface area contributed by atoms with E-state index in [0.29, 0.717) is 28.1 Å². The Hall–Kier alpha value is -1.62. The van der Waals surface area contributed by atoms with Gasteiger partial charge in [-0.3, -0.25) is 0 Å². The Kier molecular flexibility index (Phi) is 6.60. The first-order valence-corrected chi connectivity index (χ1v) is 8.23. The van der Waals surface area contributed by atoms with Gasteiger partial charge in [-0.05, 0) is 30.7 Å². The first-order chi connectivity index (χ1) is 11.5. The molecule has 2 rings (SSSR count). The Morgan fingerprint density at radius 3 is 2.12 bits per heavy atom. The standard InChI is InChI=1S/C18H21Cl2NO3/c1-11(14-6-5-13(19)8-15(14)20)21-10-12-7-17(23-3)18(24-4)9-16(12)22-2/h5-9,11,21H,10H2,1-4H3/t11-/m0/s1. The van der Waals surface area contributed by atoms with Gasteiger partial charge < -0.3 is 19.5 Å². The van der Waals surface area contributed by atoms with E-state index in [4.69, 9.17) is 37.4 Å². The van der Waals surface area contributed by atoms with Crippen LogP contribution in [-0.2, 0) is 6.54 Å². The number of methoxy groups -OCH3 is 3. The quantitative estimate of drug-likeness (QED) is 0.755. The van der Waals surface area contributed by atoms with E-state index in [1.807, 2.05) is 31.2 Å². The van der Waals surface area contributed by atoms with Gasteiger partial charge in [-0.2, -0.15) is 0 Å². The van der Waals surface area contributed by atoms with E-state index >= 15 is 0 Å². The third-order valence-corrected chi connectivity index (χ3v) is 4.38. The second-order valence-electron chi connectivity index (χ2n) is 5.29. The van der Waals surface area contributed by atoms with Crippen molar-refractivity contribution in [1.82, 2.24) is 5.32 Å². The van der Waals surface area contributed by atoms with Crippen molar-refractivity contribution >= 4 is 23.2 Å². The van der Waals surface area contributed by atoms with E-state index in [2.05, 4.69) is 5.32 Å². The zero-order chi connectivity index (χ0) is 17.7. The van der Waals surface area contributed by atoms with Crippen molar-refractivity contribution < 1.29 is 14.2 Å². The molecule has 0 unspecified atom stereocenters. The summed E-state index contributed by atoms with van der Waals surface area (Å²) >= 11 is 12.2. The maximum absolute atomic E-state index is 6.27. The van der Waals surface area contributed by atoms with Crippen LogP contribution in [0.2, 0.25) is 10.0 Å². The van der Waals surface area contributed by atoms with Gasteiger partial charge in [-0.15, -0.1) is 0 Å². The summed E-state index contributed by atoms with van der Waals surface area (Å²) in [6.45, 7) is 2.63. The Morgan fingerprint density at radius 1 is 0.917 bits per heavy atom. The average molecular weight is 370 g/mol. The zero-order valence-electron chi connectivity index (χ0n) is 14.2. The van der Waals surface area contributed by atoms with Gasteiger partial charge in [0.2, 0.25) is 0 Å². The minimum absolute atomic E-state index is 0.0487. The lowest BCUT2D eigenvalue weighted by molar-refractivity contribution is 0.346. The average Bonchev–Trinajstić information content (AvgIpc) is 2.58. The summed E-state index contributed by atoms with van der Waals surface area (Å²) in [5, 5.41) is 4.70. The Morgan fingerprint density at radius 2 is 1.54 bits per heavy atom. The highest BCUT2D eigenvalue weighted by Crippen LogP contribution is 2.35. The van der Waals surface area contributed by atoms with Gasteiger partial charge in [-0.25, -0.2) is 0 Å². The molecule has 0 spiro atoms. The molecule has 0 radical (unpaired) electrons. The van der Waals surface area contributed by atoms with Gasteiger partial charge in [-0.1, -0.05) is 29.3 Å². The third kappa shape index (κ3) is 4.26. The molecule has 0 aliphatic carbocycles. The van der Waals surface area contributed by atoms with Gasteiger partial charge >= 0.3 is 0 Å². The van der Waals surface area contributed by atoms with Crippen LogP contribution in [-0.4, -0.2) is 21.3 Å². The van der Waals surface area contributed by atoms with Crippen LogP contribution in [0.1, 0.15) is 24.1 Å². The predicted octanol–water partition coefficient (Wildman–Crippen LogP) is 4.87. The minimum atomic E-state index is 0.0487. The molecule has 0 aliphatic heterocycles. The van der Waals surface area contributed by atoms with Gasteiger partial charge in [0.1, 0.15) is 5.75 Å². The molecule has 0 fully saturated rings. The number of benzene rings is 2. The van der Waals surface area contributed by atoms with Crippen LogP contribution < -0.4 is 19.5 Å². The SMILES string of the molecule is COc1cc(OC)c(OC)cc1CN[C@@H](C)c1ccc(Cl)cc1Cl. The van der Waals surface area contributed by atoms with E-state index in [1.165, 1.54) is 0 Å². The maximum atomic E-state index is 6.27. The lowest BCUT2D eigenvalue weighted by Crippen LogP contribution is -2.19. The molecular formula is C18H21Cl2NO3. The monoisotopic (exact) mass is 369 g/mol. The maximum Gasteiger partial charge on any atom is 0.164 e. The van der Waals surface area contributed by atoms with Crippen LogP contribution in [0.3, 0.4) is 0 Å². The van der Waals surface area contributed by atoms with E-state index < -0.39 is 0 Å². The highest BCUT2D eigenvalue weighted by atomic mass is 35.5. The highest BCUT2D eigenvalue weighted by molar-refractivity contribution is 6.35. The molecule has 0 aliphatic rings. The zero-order valence-corrected chi connectivity index (χ0v) is 15.7. The lowest BCUT2D eigenvalue weighted by Gasteiger charge is -2.18. The minimum Gasteiger partial charge on any atom is -0.496 e. The Balaban J connectivity index is 2.18. The number of nitrogens with one attached hydrogen (secondary N) is 1. The summed E-state index contributed by atoms with van der Waals surface area (Å²) in [6, 6.07) is 9.27. The predicted molar refractivity (Wildman–Crippen MR) is 97.8 cm³/mol. The van der Waals surface area contributed by atoms with Crippen molar-refractivity contribution in [1.29, 1.82) is 0 Å². The molecule has 0 heterocycles. The number of halogens is 2. The molecule has 0 amide bonds. The molecule has 130 valence electrons. The van der Waals surface area contributed by atoms with Gasteiger partial charge in [0.05, 0.1) is 21.3 Å². The van der Waals surface area contributed by atoms with Crippen LogP contribution in [0.4, 0.5) is 0 Å². The summed E-state index contributed by atoms with van der Waals surface area (Å²) in [6.07, 6.45) is 0. The van der Waals surface area contributed by atoms with Crippen LogP contribution in [0.15, 0.2) is 30.3 Å². The fraction of sp³-hybridized carbons (Fsp3) is 0.333. The molecule has 1 N–H and O–H groups in total. The van der Waals surface area contributed by atoms with Crippen molar-refractivity contribution in [3.63, 3.8) is 0 Å². The molecule has 2 aromatic rings. The van der Waals surface area contributed by atoms with Crippen molar-refractivity contribution in [2.45, 2.75) is 19.5 Å². The van der Waals surface area contributed by atoms with E-state index in [0.717, 1.165) is 16.9 Å². The molecular weight excluding hydrogens is 349 g/mol. The van der Waals surface area contributed by atoms with Crippen LogP contribution in [0.25, 0.3) is 0 Å². The van der Waals surface area contributed by atoms with Crippen molar-refractivity contribution in [3.05, 3.63) is 51.5 Å². The third-order valence-electron chi connectivity index (χ3n) is 3.81.